The Balaban J connectivity index is 1.57. The van der Waals surface area contributed by atoms with Crippen LogP contribution in [0.25, 0.3) is 0 Å². The Hall–Kier alpha value is -0.850. The van der Waals surface area contributed by atoms with Crippen molar-refractivity contribution in [1.82, 2.24) is 5.32 Å². The number of halogens is 1. The minimum absolute atomic E-state index is 0.108. The van der Waals surface area contributed by atoms with E-state index >= 15 is 0 Å². The van der Waals surface area contributed by atoms with Crippen molar-refractivity contribution in [2.24, 2.45) is 0 Å². The Morgan fingerprint density at radius 1 is 1.21 bits per heavy atom. The number of nitrogens with one attached hydrogen (secondary N) is 1. The molecule has 104 valence electrons. The highest BCUT2D eigenvalue weighted by atomic mass is 79.9. The lowest BCUT2D eigenvalue weighted by Crippen LogP contribution is -2.49. The van der Waals surface area contributed by atoms with Crippen LogP contribution in [0.1, 0.15) is 29.8 Å². The van der Waals surface area contributed by atoms with Gasteiger partial charge < -0.3 is 19.2 Å². The fourth-order valence-corrected chi connectivity index (χ4v) is 3.00. The third-order valence-electron chi connectivity index (χ3n) is 3.61. The van der Waals surface area contributed by atoms with Gasteiger partial charge in [-0.05, 0) is 47.3 Å². The van der Waals surface area contributed by atoms with Gasteiger partial charge in [-0.2, -0.15) is 0 Å². The number of fused-ring (bicyclic) bond motifs is 1. The van der Waals surface area contributed by atoms with Gasteiger partial charge in [-0.25, -0.2) is 0 Å². The monoisotopic (exact) mass is 329 g/mol. The summed E-state index contributed by atoms with van der Waals surface area (Å²) in [4.78, 5) is 12.0. The molecule has 0 aromatic carbocycles. The average molecular weight is 330 g/mol. The smallest absolute Gasteiger partial charge is 0.287 e. The molecule has 2 heterocycles. The number of hydrogen-bond acceptors (Lipinski definition) is 4. The molecule has 3 rings (SSSR count). The van der Waals surface area contributed by atoms with E-state index in [1.165, 1.54) is 0 Å². The summed E-state index contributed by atoms with van der Waals surface area (Å²) in [6, 6.07) is 3.49. The van der Waals surface area contributed by atoms with E-state index in [2.05, 4.69) is 21.2 Å². The molecule has 2 aliphatic rings. The SMILES string of the molecule is O=C(NC1CCC2OCCOC2C1)c1ccc(Br)o1. The summed E-state index contributed by atoms with van der Waals surface area (Å²) in [6.45, 7) is 1.32. The van der Waals surface area contributed by atoms with Crippen LogP contribution >= 0.6 is 15.9 Å². The average Bonchev–Trinajstić information content (AvgIpc) is 2.85. The molecule has 3 unspecified atom stereocenters. The van der Waals surface area contributed by atoms with Crippen molar-refractivity contribution in [3.8, 4) is 0 Å². The van der Waals surface area contributed by atoms with Gasteiger partial charge in [-0.3, -0.25) is 4.79 Å². The van der Waals surface area contributed by atoms with Crippen molar-refractivity contribution in [2.45, 2.75) is 37.5 Å². The maximum atomic E-state index is 12.0. The van der Waals surface area contributed by atoms with E-state index in [0.717, 1.165) is 19.3 Å². The van der Waals surface area contributed by atoms with E-state index in [4.69, 9.17) is 13.9 Å². The number of amides is 1. The summed E-state index contributed by atoms with van der Waals surface area (Å²) in [5.74, 6) is 0.153. The highest BCUT2D eigenvalue weighted by Crippen LogP contribution is 2.27. The van der Waals surface area contributed by atoms with Gasteiger partial charge in [-0.15, -0.1) is 0 Å². The topological polar surface area (TPSA) is 60.7 Å². The Morgan fingerprint density at radius 3 is 2.74 bits per heavy atom. The number of ether oxygens (including phenoxy) is 2. The highest BCUT2D eigenvalue weighted by Gasteiger charge is 2.34. The third kappa shape index (κ3) is 3.01. The molecule has 1 aliphatic heterocycles. The van der Waals surface area contributed by atoms with Gasteiger partial charge in [0.25, 0.3) is 5.91 Å². The van der Waals surface area contributed by atoms with Crippen LogP contribution in [0.15, 0.2) is 21.2 Å². The number of carbonyl (C=O) groups excluding carboxylic acids is 1. The fraction of sp³-hybridized carbons (Fsp3) is 0.615. The lowest BCUT2D eigenvalue weighted by molar-refractivity contribution is -0.157. The molecule has 0 radical (unpaired) electrons. The Kier molecular flexibility index (Phi) is 3.91. The van der Waals surface area contributed by atoms with Crippen LogP contribution in [0.3, 0.4) is 0 Å². The van der Waals surface area contributed by atoms with Crippen molar-refractivity contribution >= 4 is 21.8 Å². The van der Waals surface area contributed by atoms with Crippen molar-refractivity contribution in [1.29, 1.82) is 0 Å². The molecule has 1 amide bonds. The van der Waals surface area contributed by atoms with Crippen LogP contribution in [-0.4, -0.2) is 37.4 Å². The van der Waals surface area contributed by atoms with Gasteiger partial charge in [0.2, 0.25) is 0 Å². The zero-order chi connectivity index (χ0) is 13.2. The van der Waals surface area contributed by atoms with E-state index in [0.29, 0.717) is 23.6 Å². The molecule has 0 bridgehead atoms. The molecule has 1 aromatic rings. The molecule has 19 heavy (non-hydrogen) atoms. The molecular weight excluding hydrogens is 314 g/mol. The minimum atomic E-state index is -0.175. The normalized spacial score (nSPS) is 30.7. The molecule has 3 atom stereocenters. The molecule has 2 fully saturated rings. The minimum Gasteiger partial charge on any atom is -0.444 e. The molecule has 1 N–H and O–H groups in total. The zero-order valence-corrected chi connectivity index (χ0v) is 12.0. The van der Waals surface area contributed by atoms with E-state index < -0.39 is 0 Å². The van der Waals surface area contributed by atoms with E-state index in [9.17, 15) is 4.79 Å². The zero-order valence-electron chi connectivity index (χ0n) is 10.4. The maximum Gasteiger partial charge on any atom is 0.287 e. The Morgan fingerprint density at radius 2 is 2.00 bits per heavy atom. The summed E-state index contributed by atoms with van der Waals surface area (Å²) >= 11 is 3.19. The van der Waals surface area contributed by atoms with Gasteiger partial charge in [0.15, 0.2) is 10.4 Å². The second-order valence-corrected chi connectivity index (χ2v) is 5.69. The quantitative estimate of drug-likeness (QED) is 0.902. The first-order valence-electron chi connectivity index (χ1n) is 6.52. The first-order chi connectivity index (χ1) is 9.22. The molecule has 6 heteroatoms. The Bertz CT molecular complexity index is 461. The van der Waals surface area contributed by atoms with Crippen LogP contribution in [0.4, 0.5) is 0 Å². The molecule has 5 nitrogen and oxygen atoms in total. The van der Waals surface area contributed by atoms with Crippen molar-refractivity contribution in [3.05, 3.63) is 22.6 Å². The molecule has 1 saturated heterocycles. The summed E-state index contributed by atoms with van der Waals surface area (Å²) in [6.07, 6.45) is 2.95. The van der Waals surface area contributed by atoms with Gasteiger partial charge in [0.1, 0.15) is 0 Å². The third-order valence-corrected chi connectivity index (χ3v) is 4.04. The van der Waals surface area contributed by atoms with Crippen molar-refractivity contribution in [2.75, 3.05) is 13.2 Å². The van der Waals surface area contributed by atoms with Gasteiger partial charge in [0, 0.05) is 6.04 Å². The summed E-state index contributed by atoms with van der Waals surface area (Å²) in [7, 11) is 0. The number of carbonyl (C=O) groups is 1. The van der Waals surface area contributed by atoms with Crippen LogP contribution in [-0.2, 0) is 9.47 Å². The van der Waals surface area contributed by atoms with Gasteiger partial charge >= 0.3 is 0 Å². The molecule has 1 aromatic heterocycles. The van der Waals surface area contributed by atoms with Gasteiger partial charge in [0.05, 0.1) is 25.4 Å². The van der Waals surface area contributed by atoms with Crippen LogP contribution < -0.4 is 5.32 Å². The predicted octanol–water partition coefficient (Wildman–Crippen LogP) is 2.11. The second-order valence-electron chi connectivity index (χ2n) is 4.91. The molecule has 1 saturated carbocycles. The molecule has 1 aliphatic carbocycles. The first kappa shape index (κ1) is 13.1. The van der Waals surface area contributed by atoms with Crippen molar-refractivity contribution in [3.63, 3.8) is 0 Å². The van der Waals surface area contributed by atoms with Crippen molar-refractivity contribution < 1.29 is 18.7 Å². The maximum absolute atomic E-state index is 12.0. The summed E-state index contributed by atoms with van der Waals surface area (Å²) in [5.41, 5.74) is 0. The van der Waals surface area contributed by atoms with E-state index in [1.54, 1.807) is 12.1 Å². The Labute approximate surface area is 119 Å². The second kappa shape index (κ2) is 5.64. The van der Waals surface area contributed by atoms with Gasteiger partial charge in [-0.1, -0.05) is 0 Å². The van der Waals surface area contributed by atoms with Crippen LogP contribution in [0.5, 0.6) is 0 Å². The number of hydrogen-bond donors (Lipinski definition) is 1. The first-order valence-corrected chi connectivity index (χ1v) is 7.31. The lowest BCUT2D eigenvalue weighted by atomic mass is 9.89. The fourth-order valence-electron chi connectivity index (χ4n) is 2.69. The summed E-state index contributed by atoms with van der Waals surface area (Å²) < 4.78 is 17.2. The lowest BCUT2D eigenvalue weighted by Gasteiger charge is -2.38. The van der Waals surface area contributed by atoms with Crippen LogP contribution in [0, 0.1) is 0 Å². The number of rotatable bonds is 2. The summed E-state index contributed by atoms with van der Waals surface area (Å²) in [5, 5.41) is 2.99. The predicted molar refractivity (Wildman–Crippen MR) is 71.0 cm³/mol. The van der Waals surface area contributed by atoms with E-state index in [1.807, 2.05) is 0 Å². The molecular formula is C13H16BrNO4. The van der Waals surface area contributed by atoms with Crippen LogP contribution in [0.2, 0.25) is 0 Å². The van der Waals surface area contributed by atoms with E-state index in [-0.39, 0.29) is 24.2 Å². The standard InChI is InChI=1S/C13H16BrNO4/c14-12-4-3-10(19-12)13(16)15-8-1-2-9-11(7-8)18-6-5-17-9/h3-4,8-9,11H,1-2,5-7H2,(H,15,16). The largest absolute Gasteiger partial charge is 0.444 e. The highest BCUT2D eigenvalue weighted by molar-refractivity contribution is 9.10. The number of furan rings is 1. The molecule has 0 spiro atoms.